The van der Waals surface area contributed by atoms with Gasteiger partial charge in [-0.3, -0.25) is 19.2 Å². The predicted octanol–water partition coefficient (Wildman–Crippen LogP) is -1.64. The van der Waals surface area contributed by atoms with E-state index in [-0.39, 0.29) is 18.8 Å². The number of rotatable bonds is 13. The van der Waals surface area contributed by atoms with Crippen LogP contribution in [-0.2, 0) is 30.4 Å². The van der Waals surface area contributed by atoms with Gasteiger partial charge < -0.3 is 36.9 Å². The van der Waals surface area contributed by atoms with Gasteiger partial charge in [-0.25, -0.2) is 9.78 Å². The maximum Gasteiger partial charge on any atom is 0.326 e. The van der Waals surface area contributed by atoms with Crippen LogP contribution in [0.4, 0.5) is 0 Å². The van der Waals surface area contributed by atoms with Gasteiger partial charge in [-0.05, 0) is 19.3 Å². The topological polar surface area (TPSA) is 217 Å². The maximum atomic E-state index is 12.7. The van der Waals surface area contributed by atoms with Crippen LogP contribution in [0.3, 0.4) is 0 Å². The molecule has 4 atom stereocenters. The van der Waals surface area contributed by atoms with Crippen LogP contribution in [0.15, 0.2) is 12.5 Å². The molecule has 1 heterocycles. The Morgan fingerprint density at radius 3 is 2.12 bits per heavy atom. The summed E-state index contributed by atoms with van der Waals surface area (Å²) in [4.78, 5) is 66.2. The molecule has 13 nitrogen and oxygen atoms in total. The van der Waals surface area contributed by atoms with Crippen molar-refractivity contribution in [3.8, 4) is 0 Å². The number of nitrogens with two attached hydrogens (primary N) is 1. The summed E-state index contributed by atoms with van der Waals surface area (Å²) in [7, 11) is 0. The lowest BCUT2D eigenvalue weighted by molar-refractivity contribution is -0.143. The van der Waals surface area contributed by atoms with Gasteiger partial charge in [0.05, 0.1) is 12.4 Å². The number of carbonyl (C=O) groups excluding carboxylic acids is 3. The fraction of sp³-hybridized carbons (Fsp3) is 0.579. The molecule has 0 radical (unpaired) electrons. The van der Waals surface area contributed by atoms with Crippen molar-refractivity contribution in [1.82, 2.24) is 25.9 Å². The minimum atomic E-state index is -1.34. The van der Waals surface area contributed by atoms with Gasteiger partial charge in [0.2, 0.25) is 17.7 Å². The first-order valence-electron chi connectivity index (χ1n) is 10.0. The van der Waals surface area contributed by atoms with Crippen molar-refractivity contribution in [3.05, 3.63) is 18.2 Å². The molecule has 0 spiro atoms. The van der Waals surface area contributed by atoms with Gasteiger partial charge in [-0.2, -0.15) is 0 Å². The smallest absolute Gasteiger partial charge is 0.326 e. The minimum Gasteiger partial charge on any atom is -0.481 e. The molecule has 1 rings (SSSR count). The van der Waals surface area contributed by atoms with Crippen molar-refractivity contribution >= 4 is 29.7 Å². The first-order chi connectivity index (χ1) is 14.9. The first kappa shape index (κ1) is 26.6. The Kier molecular flexibility index (Phi) is 10.3. The highest BCUT2D eigenvalue weighted by molar-refractivity contribution is 5.94. The average Bonchev–Trinajstić information content (AvgIpc) is 3.22. The fourth-order valence-corrected chi connectivity index (χ4v) is 2.60. The molecule has 0 aliphatic carbocycles. The molecule has 3 amide bonds. The Morgan fingerprint density at radius 2 is 1.62 bits per heavy atom. The molecule has 0 fully saturated rings. The quantitative estimate of drug-likeness (QED) is 0.181. The summed E-state index contributed by atoms with van der Waals surface area (Å²) < 4.78 is 0. The lowest BCUT2D eigenvalue weighted by Crippen LogP contribution is -2.57. The molecule has 1 aromatic heterocycles. The molecule has 0 bridgehead atoms. The normalized spacial score (nSPS) is 14.7. The highest BCUT2D eigenvalue weighted by Gasteiger charge is 2.29. The molecule has 0 saturated carbocycles. The number of carboxylic acids is 2. The summed E-state index contributed by atoms with van der Waals surface area (Å²) in [5.41, 5.74) is 6.20. The third-order valence-corrected chi connectivity index (χ3v) is 4.65. The third-order valence-electron chi connectivity index (χ3n) is 4.65. The van der Waals surface area contributed by atoms with Crippen molar-refractivity contribution in [3.63, 3.8) is 0 Å². The molecule has 0 aliphatic rings. The van der Waals surface area contributed by atoms with Gasteiger partial charge in [-0.15, -0.1) is 0 Å². The zero-order valence-electron chi connectivity index (χ0n) is 18.1. The molecule has 32 heavy (non-hydrogen) atoms. The van der Waals surface area contributed by atoms with Crippen LogP contribution < -0.4 is 21.7 Å². The summed E-state index contributed by atoms with van der Waals surface area (Å²) in [5.74, 6) is -4.86. The fourth-order valence-electron chi connectivity index (χ4n) is 2.60. The molecule has 178 valence electrons. The first-order valence-corrected chi connectivity index (χ1v) is 10.0. The number of hydrogen-bond donors (Lipinski definition) is 7. The third kappa shape index (κ3) is 8.71. The van der Waals surface area contributed by atoms with E-state index >= 15 is 0 Å². The summed E-state index contributed by atoms with van der Waals surface area (Å²) >= 11 is 0. The molecule has 0 aromatic carbocycles. The Bertz CT molecular complexity index is 811. The number of carbonyl (C=O) groups is 5. The number of aromatic amines is 1. The molecule has 1 aromatic rings. The average molecular weight is 454 g/mol. The van der Waals surface area contributed by atoms with Gasteiger partial charge in [-0.1, -0.05) is 13.8 Å². The van der Waals surface area contributed by atoms with Gasteiger partial charge in [0, 0.05) is 24.7 Å². The Balaban J connectivity index is 2.85. The molecule has 13 heteroatoms. The number of H-pyrrole nitrogens is 1. The number of amides is 3. The number of carboxylic acid groups (broad SMARTS) is 2. The van der Waals surface area contributed by atoms with Crippen LogP contribution in [0.2, 0.25) is 0 Å². The lowest BCUT2D eigenvalue weighted by atomic mass is 10.0. The van der Waals surface area contributed by atoms with Crippen molar-refractivity contribution < 1.29 is 34.2 Å². The number of imidazole rings is 1. The summed E-state index contributed by atoms with van der Waals surface area (Å²) in [5, 5.41) is 25.4. The highest BCUT2D eigenvalue weighted by atomic mass is 16.4. The standard InChI is InChI=1S/C19H30N6O7/c1-9(2)15(20)18(30)23-10(3)16(28)24-12(4-5-14(26)27)17(29)25-13(19(31)32)6-11-7-21-8-22-11/h7-10,12-13,15H,4-6,20H2,1-3H3,(H,21,22)(H,23,30)(H,24,28)(H,25,29)(H,26,27)(H,31,32). The molecule has 4 unspecified atom stereocenters. The second-order valence-electron chi connectivity index (χ2n) is 7.67. The van der Waals surface area contributed by atoms with Crippen LogP contribution >= 0.6 is 0 Å². The van der Waals surface area contributed by atoms with Crippen LogP contribution in [-0.4, -0.2) is 74.0 Å². The van der Waals surface area contributed by atoms with E-state index in [0.29, 0.717) is 5.69 Å². The second-order valence-corrected chi connectivity index (χ2v) is 7.67. The second kappa shape index (κ2) is 12.4. The largest absolute Gasteiger partial charge is 0.481 e. The van der Waals surface area contributed by atoms with E-state index in [9.17, 15) is 29.1 Å². The van der Waals surface area contributed by atoms with Gasteiger partial charge >= 0.3 is 11.9 Å². The number of nitrogens with one attached hydrogen (secondary N) is 4. The molecule has 0 aliphatic heterocycles. The maximum absolute atomic E-state index is 12.7. The number of aliphatic carboxylic acids is 2. The van der Waals surface area contributed by atoms with Crippen LogP contribution in [0.1, 0.15) is 39.3 Å². The van der Waals surface area contributed by atoms with Crippen molar-refractivity contribution in [2.45, 2.75) is 64.2 Å². The van der Waals surface area contributed by atoms with E-state index in [0.717, 1.165) is 0 Å². The molecular weight excluding hydrogens is 424 g/mol. The Labute approximate surface area is 184 Å². The number of nitrogens with zero attached hydrogens (tertiary/aromatic N) is 1. The van der Waals surface area contributed by atoms with E-state index in [1.807, 2.05) is 0 Å². The van der Waals surface area contributed by atoms with Crippen molar-refractivity contribution in [1.29, 1.82) is 0 Å². The van der Waals surface area contributed by atoms with E-state index in [1.165, 1.54) is 19.4 Å². The van der Waals surface area contributed by atoms with Gasteiger partial charge in [0.1, 0.15) is 18.1 Å². The van der Waals surface area contributed by atoms with Crippen LogP contribution in [0, 0.1) is 5.92 Å². The zero-order valence-corrected chi connectivity index (χ0v) is 18.1. The monoisotopic (exact) mass is 454 g/mol. The molecular formula is C19H30N6O7. The minimum absolute atomic E-state index is 0.0970. The van der Waals surface area contributed by atoms with Crippen molar-refractivity contribution in [2.75, 3.05) is 0 Å². The molecule has 0 saturated heterocycles. The van der Waals surface area contributed by atoms with E-state index < -0.39 is 60.2 Å². The summed E-state index contributed by atoms with van der Waals surface area (Å²) in [6.45, 7) is 4.86. The number of hydrogen-bond acceptors (Lipinski definition) is 7. The molecule has 8 N–H and O–H groups in total. The predicted molar refractivity (Wildman–Crippen MR) is 111 cm³/mol. The van der Waals surface area contributed by atoms with E-state index in [1.54, 1.807) is 13.8 Å². The zero-order chi connectivity index (χ0) is 24.4. The van der Waals surface area contributed by atoms with E-state index in [4.69, 9.17) is 10.8 Å². The number of aromatic nitrogens is 2. The van der Waals surface area contributed by atoms with Crippen molar-refractivity contribution in [2.24, 2.45) is 11.7 Å². The summed E-state index contributed by atoms with van der Waals surface area (Å²) in [6, 6.07) is -4.57. The van der Waals surface area contributed by atoms with Crippen LogP contribution in [0.5, 0.6) is 0 Å². The Morgan fingerprint density at radius 1 is 1.00 bits per heavy atom. The van der Waals surface area contributed by atoms with Gasteiger partial charge in [0.15, 0.2) is 0 Å². The Hall–Kier alpha value is -3.48. The summed E-state index contributed by atoms with van der Waals surface area (Å²) in [6.07, 6.45) is 1.93. The van der Waals surface area contributed by atoms with Crippen LogP contribution in [0.25, 0.3) is 0 Å². The van der Waals surface area contributed by atoms with E-state index in [2.05, 4.69) is 25.9 Å². The highest BCUT2D eigenvalue weighted by Crippen LogP contribution is 2.04. The lowest BCUT2D eigenvalue weighted by Gasteiger charge is -2.24. The van der Waals surface area contributed by atoms with Gasteiger partial charge in [0.25, 0.3) is 0 Å². The SMILES string of the molecule is CC(NC(=O)C(N)C(C)C)C(=O)NC(CCC(=O)O)C(=O)NC(Cc1cnc[nH]1)C(=O)O.